The molecule has 45 heavy (non-hydrogen) atoms. The first-order valence-electron chi connectivity index (χ1n) is 14.9. The Kier molecular flexibility index (Phi) is 7.76. The monoisotopic (exact) mass is 602 g/mol. The van der Waals surface area contributed by atoms with Crippen molar-refractivity contribution >= 4 is 34.5 Å². The smallest absolute Gasteiger partial charge is 0.324 e. The summed E-state index contributed by atoms with van der Waals surface area (Å²) < 4.78 is 3.41. The van der Waals surface area contributed by atoms with Crippen LogP contribution < -0.4 is 21.5 Å². The van der Waals surface area contributed by atoms with E-state index in [-0.39, 0.29) is 22.7 Å². The number of fused-ring (bicyclic) bond motifs is 1. The van der Waals surface area contributed by atoms with Crippen LogP contribution in [0.5, 0.6) is 0 Å². The number of benzene rings is 1. The summed E-state index contributed by atoms with van der Waals surface area (Å²) >= 11 is 0. The number of hydrogen-bond donors (Lipinski definition) is 3. The molecular weight excluding hydrogens is 568 g/mol. The fraction of sp³-hybridized carbons (Fsp3) is 0.303. The Morgan fingerprint density at radius 2 is 1.82 bits per heavy atom. The van der Waals surface area contributed by atoms with Crippen LogP contribution in [0.1, 0.15) is 63.9 Å². The Hall–Kier alpha value is -5.57. The van der Waals surface area contributed by atoms with Gasteiger partial charge < -0.3 is 10.6 Å². The zero-order valence-corrected chi connectivity index (χ0v) is 25.6. The maximum absolute atomic E-state index is 14.0. The molecule has 228 valence electrons. The molecule has 5 aromatic rings. The van der Waals surface area contributed by atoms with Crippen molar-refractivity contribution < 1.29 is 4.79 Å². The molecule has 1 aliphatic carbocycles. The molecule has 2 amide bonds. The summed E-state index contributed by atoms with van der Waals surface area (Å²) in [7, 11) is 1.75. The summed E-state index contributed by atoms with van der Waals surface area (Å²) in [5.74, 6) is 0.903. The van der Waals surface area contributed by atoms with Crippen LogP contribution in [0.2, 0.25) is 0 Å². The maximum Gasteiger partial charge on any atom is 0.324 e. The van der Waals surface area contributed by atoms with Gasteiger partial charge in [-0.05, 0) is 48.7 Å². The van der Waals surface area contributed by atoms with Gasteiger partial charge in [0.05, 0.1) is 17.6 Å². The van der Waals surface area contributed by atoms with Crippen LogP contribution in [0.15, 0.2) is 65.7 Å². The molecule has 3 N–H and O–H groups in total. The van der Waals surface area contributed by atoms with Crippen LogP contribution in [-0.2, 0) is 5.41 Å². The lowest BCUT2D eigenvalue weighted by atomic mass is 9.92. The van der Waals surface area contributed by atoms with Gasteiger partial charge in [-0.15, -0.1) is 0 Å². The number of amides is 2. The molecule has 1 fully saturated rings. The van der Waals surface area contributed by atoms with Gasteiger partial charge in [-0.1, -0.05) is 45.7 Å². The quantitative estimate of drug-likeness (QED) is 0.213. The Balaban J connectivity index is 1.31. The highest BCUT2D eigenvalue weighted by atomic mass is 16.2. The lowest BCUT2D eigenvalue weighted by Gasteiger charge is -2.18. The second kappa shape index (κ2) is 11.8. The molecule has 6 rings (SSSR count). The summed E-state index contributed by atoms with van der Waals surface area (Å²) in [5, 5.41) is 23.4. The van der Waals surface area contributed by atoms with Gasteiger partial charge >= 0.3 is 6.03 Å². The second-order valence-corrected chi connectivity index (χ2v) is 12.1. The molecule has 12 heteroatoms. The molecule has 0 aliphatic heterocycles. The number of pyridine rings is 2. The Labute approximate surface area is 260 Å². The molecule has 1 aromatic carbocycles. The van der Waals surface area contributed by atoms with Gasteiger partial charge in [0.1, 0.15) is 23.2 Å². The second-order valence-electron chi connectivity index (χ2n) is 12.1. The molecule has 0 radical (unpaired) electrons. The summed E-state index contributed by atoms with van der Waals surface area (Å²) in [6.07, 6.45) is 7.25. The molecule has 1 saturated carbocycles. The van der Waals surface area contributed by atoms with E-state index in [1.807, 2.05) is 49.6 Å². The fourth-order valence-corrected chi connectivity index (χ4v) is 5.60. The van der Waals surface area contributed by atoms with Crippen molar-refractivity contribution in [2.75, 3.05) is 23.0 Å². The zero-order valence-electron chi connectivity index (χ0n) is 25.6. The minimum atomic E-state index is -0.481. The molecule has 0 unspecified atom stereocenters. The molecule has 0 spiro atoms. The number of urea groups is 1. The number of carbonyl (C=O) groups is 1. The van der Waals surface area contributed by atoms with Gasteiger partial charge in [-0.3, -0.25) is 14.7 Å². The van der Waals surface area contributed by atoms with Crippen molar-refractivity contribution in [1.82, 2.24) is 29.3 Å². The van der Waals surface area contributed by atoms with E-state index in [4.69, 9.17) is 10.4 Å². The highest BCUT2D eigenvalue weighted by molar-refractivity contribution is 6.00. The van der Waals surface area contributed by atoms with Crippen LogP contribution in [0, 0.1) is 11.3 Å². The minimum Gasteiger partial charge on any atom is -0.357 e. The van der Waals surface area contributed by atoms with Crippen molar-refractivity contribution in [3.05, 3.63) is 82.7 Å². The van der Waals surface area contributed by atoms with E-state index >= 15 is 0 Å². The van der Waals surface area contributed by atoms with Crippen LogP contribution in [0.25, 0.3) is 27.8 Å². The number of nitrogens with zero attached hydrogens (tertiary/aromatic N) is 7. The summed E-state index contributed by atoms with van der Waals surface area (Å²) in [5.41, 5.74) is 3.57. The molecular formula is C33H34N10O2. The number of nitrogens with one attached hydrogen (secondary N) is 3. The van der Waals surface area contributed by atoms with Crippen molar-refractivity contribution in [1.29, 1.82) is 5.26 Å². The van der Waals surface area contributed by atoms with Gasteiger partial charge in [0.2, 0.25) is 5.95 Å². The Morgan fingerprint density at radius 3 is 2.51 bits per heavy atom. The van der Waals surface area contributed by atoms with E-state index in [2.05, 4.69) is 30.9 Å². The van der Waals surface area contributed by atoms with Crippen LogP contribution in [0.3, 0.4) is 0 Å². The first-order chi connectivity index (χ1) is 21.6. The van der Waals surface area contributed by atoms with Crippen LogP contribution in [-0.4, -0.2) is 42.4 Å². The minimum absolute atomic E-state index is 0.0702. The first-order valence-corrected chi connectivity index (χ1v) is 14.9. The van der Waals surface area contributed by atoms with Crippen molar-refractivity contribution in [2.24, 2.45) is 0 Å². The van der Waals surface area contributed by atoms with Gasteiger partial charge in [-0.25, -0.2) is 19.4 Å². The van der Waals surface area contributed by atoms with E-state index in [1.165, 1.54) is 6.20 Å². The Morgan fingerprint density at radius 1 is 1.02 bits per heavy atom. The van der Waals surface area contributed by atoms with Crippen molar-refractivity contribution in [3.63, 3.8) is 0 Å². The summed E-state index contributed by atoms with van der Waals surface area (Å²) in [6, 6.07) is 15.8. The first kappa shape index (κ1) is 29.5. The van der Waals surface area contributed by atoms with Gasteiger partial charge in [0, 0.05) is 47.4 Å². The van der Waals surface area contributed by atoms with Crippen LogP contribution in [0.4, 0.5) is 22.2 Å². The predicted molar refractivity (Wildman–Crippen MR) is 174 cm³/mol. The molecule has 1 aliphatic rings. The standard InChI is InChI=1S/C33H34N10O2/c1-33(2,3)27-16-28(43(41-27)25-13-12-23(17-34)36-19-25)39-32(45)38-22-9-7-8-20(14-22)26-15-21-18-37-31(35-4)40-29(21)42(30(26)44)24-10-5-6-11-24/h7-9,12-16,18-19,24H,5-6,10-11H2,1-4H3,(H,35,37,40)(H2,38,39,45). The lowest BCUT2D eigenvalue weighted by molar-refractivity contribution is 0.262. The summed E-state index contributed by atoms with van der Waals surface area (Å²) in [6.45, 7) is 6.10. The largest absolute Gasteiger partial charge is 0.357 e. The van der Waals surface area contributed by atoms with Crippen molar-refractivity contribution in [2.45, 2.75) is 57.9 Å². The molecule has 4 heterocycles. The lowest BCUT2D eigenvalue weighted by Crippen LogP contribution is -2.26. The number of anilines is 3. The highest BCUT2D eigenvalue weighted by Crippen LogP contribution is 2.32. The normalized spacial score (nSPS) is 13.5. The average molecular weight is 603 g/mol. The third-order valence-corrected chi connectivity index (χ3v) is 7.94. The van der Waals surface area contributed by atoms with E-state index < -0.39 is 6.03 Å². The predicted octanol–water partition coefficient (Wildman–Crippen LogP) is 6.01. The number of carbonyl (C=O) groups excluding carboxylic acids is 1. The fourth-order valence-electron chi connectivity index (χ4n) is 5.60. The molecule has 0 saturated heterocycles. The molecule has 0 bridgehead atoms. The van der Waals surface area contributed by atoms with E-state index in [9.17, 15) is 9.59 Å². The SMILES string of the molecule is CNc1ncc2cc(-c3cccc(NC(=O)Nc4cc(C(C)(C)C)nn4-c4ccc(C#N)nc4)c3)c(=O)n(C3CCCC3)c2n1. The number of aromatic nitrogens is 6. The highest BCUT2D eigenvalue weighted by Gasteiger charge is 2.24. The number of nitriles is 1. The maximum atomic E-state index is 14.0. The zero-order chi connectivity index (χ0) is 31.7. The third kappa shape index (κ3) is 5.97. The molecule has 4 aromatic heterocycles. The van der Waals surface area contributed by atoms with Crippen LogP contribution >= 0.6 is 0 Å². The van der Waals surface area contributed by atoms with E-state index in [0.29, 0.717) is 39.9 Å². The van der Waals surface area contributed by atoms with Gasteiger partial charge in [0.25, 0.3) is 5.56 Å². The number of hydrogen-bond acceptors (Lipinski definition) is 8. The van der Waals surface area contributed by atoms with Crippen molar-refractivity contribution in [3.8, 4) is 22.9 Å². The average Bonchev–Trinajstić information content (AvgIpc) is 3.71. The molecule has 12 nitrogen and oxygen atoms in total. The van der Waals surface area contributed by atoms with Gasteiger partial charge in [-0.2, -0.15) is 15.3 Å². The topological polar surface area (TPSA) is 155 Å². The third-order valence-electron chi connectivity index (χ3n) is 7.94. The van der Waals surface area contributed by atoms with E-state index in [0.717, 1.165) is 36.8 Å². The summed E-state index contributed by atoms with van der Waals surface area (Å²) in [4.78, 5) is 40.4. The molecule has 0 atom stereocenters. The number of rotatable bonds is 6. The Bertz CT molecular complexity index is 1990. The van der Waals surface area contributed by atoms with E-state index in [1.54, 1.807) is 48.3 Å². The van der Waals surface area contributed by atoms with Gasteiger partial charge in [0.15, 0.2) is 0 Å².